The van der Waals surface area contributed by atoms with Crippen molar-refractivity contribution in [1.82, 2.24) is 0 Å². The van der Waals surface area contributed by atoms with Gasteiger partial charge in [-0.15, -0.1) is 0 Å². The second-order valence-electron chi connectivity index (χ2n) is 5.91. The summed E-state index contributed by atoms with van der Waals surface area (Å²) in [6.07, 6.45) is 32.1. The molecule has 0 aliphatic heterocycles. The van der Waals surface area contributed by atoms with Crippen LogP contribution in [0.2, 0.25) is 0 Å². The first-order valence-electron chi connectivity index (χ1n) is 9.63. The van der Waals surface area contributed by atoms with E-state index >= 15 is 0 Å². The summed E-state index contributed by atoms with van der Waals surface area (Å²) in [6, 6.07) is 0. The molecule has 0 aromatic carbocycles. The highest BCUT2D eigenvalue weighted by Gasteiger charge is 1.96. The molecule has 0 radical (unpaired) electrons. The summed E-state index contributed by atoms with van der Waals surface area (Å²) in [6.45, 7) is 2.22. The summed E-state index contributed by atoms with van der Waals surface area (Å²) in [5.74, 6) is -0.127. The maximum atomic E-state index is 10.9. The summed E-state index contributed by atoms with van der Waals surface area (Å²) in [7, 11) is 1.43. The van der Waals surface area contributed by atoms with Crippen molar-refractivity contribution < 1.29 is 9.53 Å². The molecule has 2 nitrogen and oxygen atoms in total. The largest absolute Gasteiger partial charge is 0.469 e. The third-order valence-electron chi connectivity index (χ3n) is 3.63. The lowest BCUT2D eigenvalue weighted by Gasteiger charge is -1.95. The zero-order valence-electron chi connectivity index (χ0n) is 16.2. The molecule has 140 valence electrons. The second-order valence-corrected chi connectivity index (χ2v) is 5.91. The Bertz CT molecular complexity index is 439. The molecular formula is C23H36O2. The maximum absolute atomic E-state index is 10.9. The summed E-state index contributed by atoms with van der Waals surface area (Å²) in [5, 5.41) is 0. The summed E-state index contributed by atoms with van der Waals surface area (Å²) in [5.41, 5.74) is 0. The van der Waals surface area contributed by atoms with Gasteiger partial charge in [0.25, 0.3) is 0 Å². The van der Waals surface area contributed by atoms with Gasteiger partial charge in [0.1, 0.15) is 0 Å². The summed E-state index contributed by atoms with van der Waals surface area (Å²) >= 11 is 0. The molecule has 0 heterocycles. The highest BCUT2D eigenvalue weighted by Crippen LogP contribution is 2.00. The van der Waals surface area contributed by atoms with E-state index in [1.54, 1.807) is 0 Å². The predicted octanol–water partition coefficient (Wildman–Crippen LogP) is 6.86. The van der Waals surface area contributed by atoms with E-state index in [0.717, 1.165) is 38.5 Å². The molecule has 0 rings (SSSR count). The molecular weight excluding hydrogens is 308 g/mol. The molecule has 0 aromatic heterocycles. The van der Waals surface area contributed by atoms with Crippen LogP contribution in [0.25, 0.3) is 0 Å². The van der Waals surface area contributed by atoms with Gasteiger partial charge in [-0.1, -0.05) is 80.5 Å². The van der Waals surface area contributed by atoms with Gasteiger partial charge in [-0.2, -0.15) is 0 Å². The zero-order valence-corrected chi connectivity index (χ0v) is 16.2. The molecule has 0 saturated carbocycles. The number of ether oxygens (including phenoxy) is 1. The number of hydrogen-bond acceptors (Lipinski definition) is 2. The number of esters is 1. The third kappa shape index (κ3) is 20.1. The number of hydrogen-bond donors (Lipinski definition) is 0. The van der Waals surface area contributed by atoms with Crippen molar-refractivity contribution >= 4 is 5.97 Å². The van der Waals surface area contributed by atoms with E-state index in [4.69, 9.17) is 0 Å². The van der Waals surface area contributed by atoms with Gasteiger partial charge in [0.05, 0.1) is 7.11 Å². The van der Waals surface area contributed by atoms with Gasteiger partial charge in [0.2, 0.25) is 0 Å². The Balaban J connectivity index is 3.47. The Labute approximate surface area is 155 Å². The van der Waals surface area contributed by atoms with E-state index in [9.17, 15) is 4.79 Å². The third-order valence-corrected chi connectivity index (χ3v) is 3.63. The van der Waals surface area contributed by atoms with Crippen molar-refractivity contribution in [3.05, 3.63) is 60.8 Å². The fourth-order valence-electron chi connectivity index (χ4n) is 2.11. The number of allylic oxidation sites excluding steroid dienone is 10. The number of unbranched alkanes of at least 4 members (excludes halogenated alkanes) is 3. The van der Waals surface area contributed by atoms with Crippen molar-refractivity contribution in [2.45, 2.75) is 71.1 Å². The monoisotopic (exact) mass is 344 g/mol. The Morgan fingerprint density at radius 3 is 1.48 bits per heavy atom. The Kier molecular flexibility index (Phi) is 18.7. The van der Waals surface area contributed by atoms with Crippen LogP contribution in [0, 0.1) is 0 Å². The van der Waals surface area contributed by atoms with E-state index in [1.165, 1.54) is 26.4 Å². The van der Waals surface area contributed by atoms with Crippen LogP contribution < -0.4 is 0 Å². The van der Waals surface area contributed by atoms with Gasteiger partial charge in [-0.3, -0.25) is 4.79 Å². The standard InChI is InChI=1S/C23H36O2/c1-3-4-5-6-7-8-9-10-11-12-13-14-15-16-17-18-19-20-21-22-23(24)25-2/h6-7,9-10,12-13,15-16,18-19H,3-5,8,11,14,17,20-22H2,1-2H3/b7-6-,10-9-,13-12-,16-15-,19-18-. The Morgan fingerprint density at radius 1 is 0.680 bits per heavy atom. The zero-order chi connectivity index (χ0) is 18.4. The van der Waals surface area contributed by atoms with Crippen molar-refractivity contribution in [2.75, 3.05) is 7.11 Å². The van der Waals surface area contributed by atoms with Crippen molar-refractivity contribution in [3.8, 4) is 0 Å². The van der Waals surface area contributed by atoms with Crippen molar-refractivity contribution in [3.63, 3.8) is 0 Å². The van der Waals surface area contributed by atoms with Crippen LogP contribution in [0.3, 0.4) is 0 Å². The SMILES string of the molecule is CCCC/C=C\C/C=C\C/C=C\C/C=C\C/C=C\CCCC(=O)OC. The average molecular weight is 345 g/mol. The van der Waals surface area contributed by atoms with E-state index in [1.807, 2.05) is 0 Å². The number of carbonyl (C=O) groups is 1. The van der Waals surface area contributed by atoms with E-state index in [0.29, 0.717) is 6.42 Å². The molecule has 0 aliphatic rings. The van der Waals surface area contributed by atoms with Gasteiger partial charge in [-0.25, -0.2) is 0 Å². The lowest BCUT2D eigenvalue weighted by atomic mass is 10.2. The highest BCUT2D eigenvalue weighted by atomic mass is 16.5. The molecule has 2 heteroatoms. The molecule has 0 bridgehead atoms. The van der Waals surface area contributed by atoms with Crippen LogP contribution in [-0.4, -0.2) is 13.1 Å². The fraction of sp³-hybridized carbons (Fsp3) is 0.522. The van der Waals surface area contributed by atoms with Crippen molar-refractivity contribution in [1.29, 1.82) is 0 Å². The van der Waals surface area contributed by atoms with E-state index in [2.05, 4.69) is 72.4 Å². The van der Waals surface area contributed by atoms with Crippen LogP contribution >= 0.6 is 0 Å². The Hall–Kier alpha value is -1.83. The molecule has 0 unspecified atom stereocenters. The molecule has 0 atom stereocenters. The fourth-order valence-corrected chi connectivity index (χ4v) is 2.11. The second kappa shape index (κ2) is 20.2. The molecule has 0 saturated heterocycles. The molecule has 0 aromatic rings. The minimum atomic E-state index is -0.127. The number of rotatable bonds is 15. The minimum Gasteiger partial charge on any atom is -0.469 e. The number of methoxy groups -OCH3 is 1. The molecule has 0 aliphatic carbocycles. The highest BCUT2D eigenvalue weighted by molar-refractivity contribution is 5.69. The van der Waals surface area contributed by atoms with Gasteiger partial charge in [0.15, 0.2) is 0 Å². The van der Waals surface area contributed by atoms with Crippen LogP contribution in [0.1, 0.15) is 71.1 Å². The van der Waals surface area contributed by atoms with E-state index < -0.39 is 0 Å². The van der Waals surface area contributed by atoms with E-state index in [-0.39, 0.29) is 5.97 Å². The van der Waals surface area contributed by atoms with Crippen LogP contribution in [0.15, 0.2) is 60.8 Å². The topological polar surface area (TPSA) is 26.3 Å². The maximum Gasteiger partial charge on any atom is 0.305 e. The first-order valence-corrected chi connectivity index (χ1v) is 9.63. The lowest BCUT2D eigenvalue weighted by Crippen LogP contribution is -1.98. The smallest absolute Gasteiger partial charge is 0.305 e. The quantitative estimate of drug-likeness (QED) is 0.184. The van der Waals surface area contributed by atoms with Crippen LogP contribution in [0.4, 0.5) is 0 Å². The minimum absolute atomic E-state index is 0.127. The molecule has 0 N–H and O–H groups in total. The van der Waals surface area contributed by atoms with Gasteiger partial charge < -0.3 is 4.74 Å². The predicted molar refractivity (Wildman–Crippen MR) is 110 cm³/mol. The van der Waals surface area contributed by atoms with Crippen LogP contribution in [0.5, 0.6) is 0 Å². The molecule has 0 amide bonds. The first kappa shape index (κ1) is 23.2. The van der Waals surface area contributed by atoms with Crippen molar-refractivity contribution in [2.24, 2.45) is 0 Å². The molecule has 0 fully saturated rings. The van der Waals surface area contributed by atoms with Crippen LogP contribution in [-0.2, 0) is 9.53 Å². The van der Waals surface area contributed by atoms with Gasteiger partial charge in [-0.05, 0) is 44.9 Å². The summed E-state index contributed by atoms with van der Waals surface area (Å²) < 4.78 is 4.60. The lowest BCUT2D eigenvalue weighted by molar-refractivity contribution is -0.140. The van der Waals surface area contributed by atoms with Gasteiger partial charge >= 0.3 is 5.97 Å². The number of carbonyl (C=O) groups excluding carboxylic acids is 1. The Morgan fingerprint density at radius 2 is 1.08 bits per heavy atom. The first-order chi connectivity index (χ1) is 12.3. The summed E-state index contributed by atoms with van der Waals surface area (Å²) in [4.78, 5) is 10.9. The molecule has 25 heavy (non-hydrogen) atoms. The van der Waals surface area contributed by atoms with Gasteiger partial charge in [0, 0.05) is 6.42 Å². The normalized spacial score (nSPS) is 12.6. The average Bonchev–Trinajstić information content (AvgIpc) is 2.63. The molecule has 0 spiro atoms.